The van der Waals surface area contributed by atoms with Crippen LogP contribution in [0, 0.1) is 0 Å². The van der Waals surface area contributed by atoms with Gasteiger partial charge in [-0.2, -0.15) is 0 Å². The molecule has 15 heavy (non-hydrogen) atoms. The number of primary amides is 1. The van der Waals surface area contributed by atoms with E-state index in [4.69, 9.17) is 10.5 Å². The Morgan fingerprint density at radius 1 is 1.47 bits per heavy atom. The molecule has 1 amide bonds. The number of aromatic nitrogens is 2. The highest BCUT2D eigenvalue weighted by atomic mass is 16.5. The van der Waals surface area contributed by atoms with E-state index in [2.05, 4.69) is 9.97 Å². The minimum atomic E-state index is -0.639. The molecule has 1 aromatic heterocycles. The summed E-state index contributed by atoms with van der Waals surface area (Å²) < 4.78 is 5.05. The number of benzene rings is 1. The normalized spacial score (nSPS) is 10.2. The fraction of sp³-hybridized carbons (Fsp3) is 0.100. The van der Waals surface area contributed by atoms with E-state index >= 15 is 0 Å². The molecule has 0 atom stereocenters. The van der Waals surface area contributed by atoms with Crippen molar-refractivity contribution in [2.45, 2.75) is 0 Å². The van der Waals surface area contributed by atoms with Gasteiger partial charge in [-0.1, -0.05) is 0 Å². The molecule has 76 valence electrons. The van der Waals surface area contributed by atoms with E-state index in [0.717, 1.165) is 5.39 Å². The lowest BCUT2D eigenvalue weighted by Crippen LogP contribution is -2.14. The molecule has 0 spiro atoms. The van der Waals surface area contributed by atoms with Gasteiger partial charge in [0.25, 0.3) is 5.91 Å². The van der Waals surface area contributed by atoms with Crippen molar-refractivity contribution in [3.63, 3.8) is 0 Å². The number of hydrogen-bond acceptors (Lipinski definition) is 4. The minimum absolute atomic E-state index is 0.00996. The van der Waals surface area contributed by atoms with Crippen molar-refractivity contribution in [1.29, 1.82) is 0 Å². The monoisotopic (exact) mass is 203 g/mol. The van der Waals surface area contributed by atoms with E-state index < -0.39 is 5.91 Å². The van der Waals surface area contributed by atoms with E-state index in [1.807, 2.05) is 6.07 Å². The Labute approximate surface area is 85.9 Å². The minimum Gasteiger partial charge on any atom is -0.497 e. The van der Waals surface area contributed by atoms with Crippen LogP contribution < -0.4 is 10.5 Å². The summed E-state index contributed by atoms with van der Waals surface area (Å²) in [6.07, 6.45) is 1.56. The lowest BCUT2D eigenvalue weighted by atomic mass is 10.2. The molecular formula is C10H9N3O2. The van der Waals surface area contributed by atoms with Crippen LogP contribution in [0.1, 0.15) is 10.6 Å². The summed E-state index contributed by atoms with van der Waals surface area (Å²) in [7, 11) is 1.57. The fourth-order valence-corrected chi connectivity index (χ4v) is 1.25. The van der Waals surface area contributed by atoms with E-state index in [-0.39, 0.29) is 5.82 Å². The van der Waals surface area contributed by atoms with Crippen LogP contribution in [-0.4, -0.2) is 23.0 Å². The Balaban J connectivity index is 2.62. The molecular weight excluding hydrogens is 194 g/mol. The molecule has 0 unspecified atom stereocenters. The lowest BCUT2D eigenvalue weighted by Gasteiger charge is -2.02. The number of methoxy groups -OCH3 is 1. The molecule has 1 aromatic carbocycles. The number of nitrogens with zero attached hydrogens (tertiary/aromatic N) is 2. The van der Waals surface area contributed by atoms with E-state index in [1.165, 1.54) is 0 Å². The van der Waals surface area contributed by atoms with Gasteiger partial charge >= 0.3 is 0 Å². The molecule has 0 fully saturated rings. The Hall–Kier alpha value is -2.17. The zero-order valence-corrected chi connectivity index (χ0v) is 8.10. The van der Waals surface area contributed by atoms with Crippen LogP contribution in [0.5, 0.6) is 5.75 Å². The Bertz CT molecular complexity index is 525. The Kier molecular flexibility index (Phi) is 2.21. The number of hydrogen-bond donors (Lipinski definition) is 1. The number of ether oxygens (including phenoxy) is 1. The van der Waals surface area contributed by atoms with Crippen LogP contribution in [0.15, 0.2) is 24.4 Å². The SMILES string of the molecule is COc1ccc2cnc(C(N)=O)nc2c1. The van der Waals surface area contributed by atoms with Gasteiger partial charge in [0.1, 0.15) is 5.75 Å². The average Bonchev–Trinajstić information content (AvgIpc) is 2.27. The lowest BCUT2D eigenvalue weighted by molar-refractivity contribution is 0.0991. The molecule has 0 radical (unpaired) electrons. The van der Waals surface area contributed by atoms with Gasteiger partial charge in [0, 0.05) is 17.6 Å². The summed E-state index contributed by atoms with van der Waals surface area (Å²) in [5.74, 6) is 0.0482. The number of carbonyl (C=O) groups excluding carboxylic acids is 1. The zero-order valence-electron chi connectivity index (χ0n) is 8.10. The van der Waals surface area contributed by atoms with Gasteiger partial charge < -0.3 is 10.5 Å². The average molecular weight is 203 g/mol. The number of nitrogens with two attached hydrogens (primary N) is 1. The van der Waals surface area contributed by atoms with Gasteiger partial charge in [-0.15, -0.1) is 0 Å². The van der Waals surface area contributed by atoms with Gasteiger partial charge in [-0.05, 0) is 12.1 Å². The third kappa shape index (κ3) is 1.71. The van der Waals surface area contributed by atoms with Gasteiger partial charge in [-0.3, -0.25) is 4.79 Å². The van der Waals surface area contributed by atoms with Crippen LogP contribution in [0.25, 0.3) is 10.9 Å². The smallest absolute Gasteiger partial charge is 0.286 e. The maximum atomic E-state index is 10.9. The summed E-state index contributed by atoms with van der Waals surface area (Å²) in [4.78, 5) is 18.7. The number of fused-ring (bicyclic) bond motifs is 1. The Morgan fingerprint density at radius 3 is 2.93 bits per heavy atom. The fourth-order valence-electron chi connectivity index (χ4n) is 1.25. The first-order valence-electron chi connectivity index (χ1n) is 4.31. The highest BCUT2D eigenvalue weighted by Gasteiger charge is 2.05. The topological polar surface area (TPSA) is 78.1 Å². The first-order valence-corrected chi connectivity index (χ1v) is 4.31. The van der Waals surface area contributed by atoms with Crippen LogP contribution in [-0.2, 0) is 0 Å². The number of carbonyl (C=O) groups is 1. The van der Waals surface area contributed by atoms with Crippen molar-refractivity contribution in [3.8, 4) is 5.75 Å². The standard InChI is InChI=1S/C10H9N3O2/c1-15-7-3-2-6-5-12-10(9(11)14)13-8(6)4-7/h2-5H,1H3,(H2,11,14). The molecule has 0 aliphatic heterocycles. The molecule has 0 aliphatic rings. The molecule has 2 rings (SSSR count). The quantitative estimate of drug-likeness (QED) is 0.780. The highest BCUT2D eigenvalue weighted by Crippen LogP contribution is 2.18. The highest BCUT2D eigenvalue weighted by molar-refractivity contribution is 5.91. The van der Waals surface area contributed by atoms with Crippen molar-refractivity contribution in [2.24, 2.45) is 5.73 Å². The van der Waals surface area contributed by atoms with Crippen LogP contribution in [0.4, 0.5) is 0 Å². The molecule has 5 nitrogen and oxygen atoms in total. The van der Waals surface area contributed by atoms with E-state index in [0.29, 0.717) is 11.3 Å². The maximum absolute atomic E-state index is 10.9. The van der Waals surface area contributed by atoms with Crippen molar-refractivity contribution in [1.82, 2.24) is 9.97 Å². The van der Waals surface area contributed by atoms with Crippen LogP contribution in [0.3, 0.4) is 0 Å². The zero-order chi connectivity index (χ0) is 10.8. The van der Waals surface area contributed by atoms with Crippen molar-refractivity contribution in [2.75, 3.05) is 7.11 Å². The van der Waals surface area contributed by atoms with Gasteiger partial charge in [0.15, 0.2) is 0 Å². The molecule has 5 heteroatoms. The molecule has 1 heterocycles. The van der Waals surface area contributed by atoms with Gasteiger partial charge in [-0.25, -0.2) is 9.97 Å². The summed E-state index contributed by atoms with van der Waals surface area (Å²) in [6.45, 7) is 0. The second kappa shape index (κ2) is 3.53. The molecule has 0 saturated heterocycles. The molecule has 0 saturated carbocycles. The predicted molar refractivity (Wildman–Crippen MR) is 54.6 cm³/mol. The second-order valence-electron chi connectivity index (χ2n) is 2.98. The Morgan fingerprint density at radius 2 is 2.27 bits per heavy atom. The molecule has 0 aliphatic carbocycles. The van der Waals surface area contributed by atoms with Crippen molar-refractivity contribution in [3.05, 3.63) is 30.2 Å². The van der Waals surface area contributed by atoms with Gasteiger partial charge in [0.2, 0.25) is 5.82 Å². The summed E-state index contributed by atoms with van der Waals surface area (Å²) in [5.41, 5.74) is 5.72. The third-order valence-corrected chi connectivity index (χ3v) is 2.01. The van der Waals surface area contributed by atoms with E-state index in [1.54, 1.807) is 25.4 Å². The second-order valence-corrected chi connectivity index (χ2v) is 2.98. The van der Waals surface area contributed by atoms with Gasteiger partial charge in [0.05, 0.1) is 12.6 Å². The maximum Gasteiger partial charge on any atom is 0.286 e. The number of rotatable bonds is 2. The number of amides is 1. The van der Waals surface area contributed by atoms with Crippen LogP contribution in [0.2, 0.25) is 0 Å². The van der Waals surface area contributed by atoms with Crippen molar-refractivity contribution >= 4 is 16.8 Å². The molecule has 2 N–H and O–H groups in total. The largest absolute Gasteiger partial charge is 0.497 e. The first-order chi connectivity index (χ1) is 7.20. The predicted octanol–water partition coefficient (Wildman–Crippen LogP) is 0.737. The first kappa shape index (κ1) is 9.39. The molecule has 2 aromatic rings. The third-order valence-electron chi connectivity index (χ3n) is 2.01. The van der Waals surface area contributed by atoms with Crippen LogP contribution >= 0.6 is 0 Å². The summed E-state index contributed by atoms with van der Waals surface area (Å²) >= 11 is 0. The van der Waals surface area contributed by atoms with Crippen molar-refractivity contribution < 1.29 is 9.53 Å². The summed E-state index contributed by atoms with van der Waals surface area (Å²) in [5, 5.41) is 0.834. The molecule has 0 bridgehead atoms. The van der Waals surface area contributed by atoms with E-state index in [9.17, 15) is 4.79 Å². The summed E-state index contributed by atoms with van der Waals surface area (Å²) in [6, 6.07) is 5.35.